The Morgan fingerprint density at radius 3 is 2.37 bits per heavy atom. The quantitative estimate of drug-likeness (QED) is 0.178. The summed E-state index contributed by atoms with van der Waals surface area (Å²) >= 11 is 0. The van der Waals surface area contributed by atoms with Crippen LogP contribution in [0.1, 0.15) is 26.3 Å². The second kappa shape index (κ2) is 10.3. The summed E-state index contributed by atoms with van der Waals surface area (Å²) in [6.07, 6.45) is 5.41. The first-order valence-electron chi connectivity index (χ1n) is 13.2. The molecule has 41 heavy (non-hydrogen) atoms. The van der Waals surface area contributed by atoms with E-state index in [2.05, 4.69) is 93.6 Å². The van der Waals surface area contributed by atoms with Gasteiger partial charge in [0, 0.05) is 44.2 Å². The van der Waals surface area contributed by atoms with Crippen LogP contribution in [0.15, 0.2) is 85.3 Å². The van der Waals surface area contributed by atoms with Crippen molar-refractivity contribution in [1.29, 1.82) is 0 Å². The molecule has 0 unspecified atom stereocenters. The molecule has 6 aromatic rings. The third-order valence-electron chi connectivity index (χ3n) is 7.21. The molecule has 5 heterocycles. The number of hydrogen-bond donors (Lipinski definition) is 0. The van der Waals surface area contributed by atoms with Gasteiger partial charge in [-0.3, -0.25) is 9.97 Å². The van der Waals surface area contributed by atoms with Crippen molar-refractivity contribution in [2.75, 3.05) is 16.8 Å². The van der Waals surface area contributed by atoms with Crippen LogP contribution < -0.4 is 14.5 Å². The zero-order valence-electron chi connectivity index (χ0n) is 23.1. The normalized spacial score (nSPS) is 13.0. The van der Waals surface area contributed by atoms with E-state index in [1.807, 2.05) is 56.4 Å². The van der Waals surface area contributed by atoms with E-state index in [1.165, 1.54) is 5.56 Å². The van der Waals surface area contributed by atoms with E-state index in [4.69, 9.17) is 9.72 Å². The summed E-state index contributed by atoms with van der Waals surface area (Å²) in [6, 6.07) is 29.3. The van der Waals surface area contributed by atoms with Crippen LogP contribution >= 0.6 is 0 Å². The minimum Gasteiger partial charge on any atom is -0.504 e. The molecule has 208 valence electrons. The van der Waals surface area contributed by atoms with Crippen LogP contribution in [-0.4, -0.2) is 26.6 Å². The molecule has 0 N–H and O–H groups in total. The summed E-state index contributed by atoms with van der Waals surface area (Å²) in [4.78, 5) is 17.9. The van der Waals surface area contributed by atoms with Crippen LogP contribution in [0.3, 0.4) is 0 Å². The van der Waals surface area contributed by atoms with Gasteiger partial charge in [0.15, 0.2) is 0 Å². The average molecular weight is 719 g/mol. The fourth-order valence-corrected chi connectivity index (χ4v) is 5.17. The van der Waals surface area contributed by atoms with E-state index in [0.29, 0.717) is 11.8 Å². The molecule has 0 atom stereocenters. The first-order valence-corrected chi connectivity index (χ1v) is 13.2. The van der Waals surface area contributed by atoms with Crippen molar-refractivity contribution in [3.05, 3.63) is 110 Å². The first-order chi connectivity index (χ1) is 19.4. The molecule has 0 spiro atoms. The summed E-state index contributed by atoms with van der Waals surface area (Å²) in [6.45, 7) is 8.63. The zero-order valence-corrected chi connectivity index (χ0v) is 25.3. The molecule has 0 bridgehead atoms. The minimum absolute atomic E-state index is 0. The van der Waals surface area contributed by atoms with Gasteiger partial charge in [-0.25, -0.2) is 4.98 Å². The maximum Gasteiger partial charge on any atom is 0.134 e. The molecule has 0 fully saturated rings. The number of hydrogen-bond acceptors (Lipinski definition) is 6. The Bertz CT molecular complexity index is 1890. The molecule has 1 aliphatic heterocycles. The van der Waals surface area contributed by atoms with E-state index < -0.39 is 0 Å². The van der Waals surface area contributed by atoms with Gasteiger partial charge in [-0.15, -0.1) is 10.9 Å². The van der Waals surface area contributed by atoms with Gasteiger partial charge in [0.2, 0.25) is 0 Å². The molecule has 4 aromatic heterocycles. The number of fused-ring (bicyclic) bond motifs is 4. The predicted molar refractivity (Wildman–Crippen MR) is 158 cm³/mol. The number of anilines is 3. The van der Waals surface area contributed by atoms with Crippen molar-refractivity contribution in [2.24, 2.45) is 0 Å². The van der Waals surface area contributed by atoms with Crippen molar-refractivity contribution in [1.82, 2.24) is 19.5 Å². The molecule has 8 heteroatoms. The fraction of sp³-hybridized carbons (Fsp3) is 0.152. The van der Waals surface area contributed by atoms with Crippen molar-refractivity contribution >= 4 is 38.9 Å². The number of benzene rings is 2. The van der Waals surface area contributed by atoms with Gasteiger partial charge in [-0.2, -0.15) is 30.6 Å². The number of para-hydroxylation sites is 3. The van der Waals surface area contributed by atoms with Crippen LogP contribution in [0, 0.1) is 18.8 Å². The summed E-state index contributed by atoms with van der Waals surface area (Å²) in [5, 5.41) is 2.05. The van der Waals surface area contributed by atoms with Gasteiger partial charge in [-0.05, 0) is 60.8 Å². The Morgan fingerprint density at radius 2 is 1.54 bits per heavy atom. The van der Waals surface area contributed by atoms with E-state index >= 15 is 0 Å². The first kappa shape index (κ1) is 27.0. The molecule has 0 saturated heterocycles. The Balaban J connectivity index is 0.00000302. The monoisotopic (exact) mass is 718 g/mol. The number of nitrogens with zero attached hydrogens (tertiary/aromatic N) is 6. The minimum atomic E-state index is -0.00932. The molecule has 1 aliphatic rings. The largest absolute Gasteiger partial charge is 0.504 e. The third kappa shape index (κ3) is 4.74. The maximum absolute atomic E-state index is 6.15. The molecular weight excluding hydrogens is 691 g/mol. The van der Waals surface area contributed by atoms with Crippen molar-refractivity contribution in [3.8, 4) is 17.6 Å². The standard InChI is InChI=1S/C33H27N6O.Pt/c1-33(2,3)22-13-15-34-30(17-22)39-26-10-6-5-9-24(26)25-20-36-32(19-29(25)39)40-31-18-23(14-16-35-31)38-21-37(4)27-11-7-8-12-28(27)38;/h5-17,20-21H,1-4H3;/q-3;. The van der Waals surface area contributed by atoms with E-state index in [9.17, 15) is 0 Å². The Hall–Kier alpha value is -4.22. The van der Waals surface area contributed by atoms with Crippen LogP contribution in [-0.2, 0) is 26.5 Å². The van der Waals surface area contributed by atoms with Gasteiger partial charge in [0.25, 0.3) is 0 Å². The smallest absolute Gasteiger partial charge is 0.134 e. The summed E-state index contributed by atoms with van der Waals surface area (Å²) in [5.41, 5.74) is 6.07. The Labute approximate surface area is 253 Å². The Kier molecular flexibility index (Phi) is 6.78. The van der Waals surface area contributed by atoms with Crippen LogP contribution in [0.4, 0.5) is 17.1 Å². The van der Waals surface area contributed by atoms with Gasteiger partial charge < -0.3 is 19.1 Å². The van der Waals surface area contributed by atoms with Gasteiger partial charge >= 0.3 is 0 Å². The molecule has 0 amide bonds. The van der Waals surface area contributed by atoms with E-state index in [0.717, 1.165) is 44.7 Å². The molecule has 0 radical (unpaired) electrons. The van der Waals surface area contributed by atoms with Gasteiger partial charge in [-0.1, -0.05) is 56.5 Å². The van der Waals surface area contributed by atoms with Crippen molar-refractivity contribution < 1.29 is 25.8 Å². The van der Waals surface area contributed by atoms with Crippen LogP contribution in [0.5, 0.6) is 11.8 Å². The SMILES string of the molecule is CN1[CH-]N(c2[c-]c(Oc3[c-]c4c(cn3)c3ccccc3n4-c3cc(C(C)(C)C)ccn3)ncc2)c2ccccc21.[Pt]. The maximum atomic E-state index is 6.15. The summed E-state index contributed by atoms with van der Waals surface area (Å²) in [5.74, 6) is 1.45. The van der Waals surface area contributed by atoms with Gasteiger partial charge in [0.05, 0.1) is 0 Å². The van der Waals surface area contributed by atoms with Crippen molar-refractivity contribution in [3.63, 3.8) is 0 Å². The number of rotatable bonds is 4. The van der Waals surface area contributed by atoms with Gasteiger partial charge in [0.1, 0.15) is 17.6 Å². The fourth-order valence-electron chi connectivity index (χ4n) is 5.17. The van der Waals surface area contributed by atoms with Crippen LogP contribution in [0.25, 0.3) is 27.6 Å². The second-order valence-electron chi connectivity index (χ2n) is 10.9. The molecule has 2 aromatic carbocycles. The van der Waals surface area contributed by atoms with E-state index in [-0.39, 0.29) is 26.5 Å². The summed E-state index contributed by atoms with van der Waals surface area (Å²) < 4.78 is 8.26. The molecular formula is C33H27N6OPt-3. The number of pyridine rings is 3. The Morgan fingerprint density at radius 1 is 0.805 bits per heavy atom. The second-order valence-corrected chi connectivity index (χ2v) is 10.9. The number of ether oxygens (including phenoxy) is 1. The molecule has 0 aliphatic carbocycles. The third-order valence-corrected chi connectivity index (χ3v) is 7.21. The zero-order chi connectivity index (χ0) is 27.4. The summed E-state index contributed by atoms with van der Waals surface area (Å²) in [7, 11) is 2.02. The van der Waals surface area contributed by atoms with E-state index in [1.54, 1.807) is 6.20 Å². The van der Waals surface area contributed by atoms with Crippen LogP contribution in [0.2, 0.25) is 0 Å². The van der Waals surface area contributed by atoms with Crippen molar-refractivity contribution in [2.45, 2.75) is 26.2 Å². The molecule has 7 nitrogen and oxygen atoms in total. The number of aromatic nitrogens is 4. The topological polar surface area (TPSA) is 59.3 Å². The molecule has 7 rings (SSSR count). The molecule has 0 saturated carbocycles. The predicted octanol–water partition coefficient (Wildman–Crippen LogP) is 7.36. The average Bonchev–Trinajstić information content (AvgIpc) is 3.47.